The van der Waals surface area contributed by atoms with Gasteiger partial charge in [-0.05, 0) is 19.1 Å². The third-order valence-electron chi connectivity index (χ3n) is 2.49. The van der Waals surface area contributed by atoms with Crippen molar-refractivity contribution in [2.75, 3.05) is 6.61 Å². The van der Waals surface area contributed by atoms with E-state index in [1.54, 1.807) is 18.2 Å². The van der Waals surface area contributed by atoms with Crippen molar-refractivity contribution < 1.29 is 22.7 Å². The Bertz CT molecular complexity index is 623. The molecule has 1 aromatic heterocycles. The molecule has 0 atom stereocenters. The minimum atomic E-state index is -4.70. The Morgan fingerprint density at radius 1 is 1.32 bits per heavy atom. The molecule has 0 saturated carbocycles. The van der Waals surface area contributed by atoms with Crippen LogP contribution >= 0.6 is 0 Å². The maximum atomic E-state index is 12.9. The number of hydrogen-bond acceptors (Lipinski definition) is 3. The maximum absolute atomic E-state index is 12.9. The maximum Gasteiger partial charge on any atom is 0.434 e. The van der Waals surface area contributed by atoms with Crippen molar-refractivity contribution in [1.82, 2.24) is 4.98 Å². The number of ether oxygens (including phenoxy) is 1. The van der Waals surface area contributed by atoms with Gasteiger partial charge >= 0.3 is 12.1 Å². The van der Waals surface area contributed by atoms with Crippen LogP contribution in [0.5, 0.6) is 0 Å². The molecule has 0 fully saturated rings. The monoisotopic (exact) mass is 269 g/mol. The third kappa shape index (κ3) is 2.67. The standard InChI is InChI=1S/C13H10F3NO2/c1-2-19-12(18)9-7-8-5-3-4-6-10(8)17-11(9)13(14,15)16/h3-7H,2H2,1H3. The first-order valence-electron chi connectivity index (χ1n) is 5.57. The molecule has 0 saturated heterocycles. The number of fused-ring (bicyclic) bond motifs is 1. The Morgan fingerprint density at radius 2 is 2.00 bits per heavy atom. The van der Waals surface area contributed by atoms with Crippen LogP contribution in [-0.2, 0) is 10.9 Å². The molecule has 3 nitrogen and oxygen atoms in total. The first-order chi connectivity index (χ1) is 8.93. The highest BCUT2D eigenvalue weighted by molar-refractivity contribution is 5.95. The van der Waals surface area contributed by atoms with Crippen LogP contribution in [0.15, 0.2) is 30.3 Å². The lowest BCUT2D eigenvalue weighted by Crippen LogP contribution is -2.17. The van der Waals surface area contributed by atoms with Gasteiger partial charge in [0, 0.05) is 5.39 Å². The Morgan fingerprint density at radius 3 is 2.63 bits per heavy atom. The molecule has 0 spiro atoms. The minimum absolute atomic E-state index is 0.00293. The van der Waals surface area contributed by atoms with Crippen LogP contribution in [-0.4, -0.2) is 17.6 Å². The largest absolute Gasteiger partial charge is 0.462 e. The van der Waals surface area contributed by atoms with Gasteiger partial charge in [0.1, 0.15) is 0 Å². The van der Waals surface area contributed by atoms with Gasteiger partial charge in [-0.3, -0.25) is 0 Å². The normalized spacial score (nSPS) is 11.6. The molecule has 2 rings (SSSR count). The number of rotatable bonds is 2. The van der Waals surface area contributed by atoms with Gasteiger partial charge < -0.3 is 4.74 Å². The Balaban J connectivity index is 2.67. The molecule has 1 aromatic carbocycles. The second-order valence-corrected chi connectivity index (χ2v) is 3.80. The molecule has 0 unspecified atom stereocenters. The summed E-state index contributed by atoms with van der Waals surface area (Å²) in [6.07, 6.45) is -4.70. The molecule has 0 aliphatic heterocycles. The number of esters is 1. The van der Waals surface area contributed by atoms with Gasteiger partial charge in [0.25, 0.3) is 0 Å². The highest BCUT2D eigenvalue weighted by Crippen LogP contribution is 2.32. The van der Waals surface area contributed by atoms with Gasteiger partial charge in [0.2, 0.25) is 0 Å². The van der Waals surface area contributed by atoms with Crippen LogP contribution in [0.1, 0.15) is 23.0 Å². The lowest BCUT2D eigenvalue weighted by Gasteiger charge is -2.12. The average Bonchev–Trinajstić information content (AvgIpc) is 2.36. The van der Waals surface area contributed by atoms with Gasteiger partial charge in [-0.1, -0.05) is 18.2 Å². The molecule has 19 heavy (non-hydrogen) atoms. The topological polar surface area (TPSA) is 39.2 Å². The van der Waals surface area contributed by atoms with E-state index in [0.717, 1.165) is 6.07 Å². The number of benzene rings is 1. The smallest absolute Gasteiger partial charge is 0.434 e. The van der Waals surface area contributed by atoms with Crippen LogP contribution in [0.3, 0.4) is 0 Å². The summed E-state index contributed by atoms with van der Waals surface area (Å²) < 4.78 is 43.4. The molecule has 0 aliphatic rings. The van der Waals surface area contributed by atoms with Gasteiger partial charge in [-0.15, -0.1) is 0 Å². The summed E-state index contributed by atoms with van der Waals surface area (Å²) in [6.45, 7) is 1.53. The first kappa shape index (κ1) is 13.3. The SMILES string of the molecule is CCOC(=O)c1cc2ccccc2nc1C(F)(F)F. The molecule has 1 heterocycles. The molecular formula is C13H10F3NO2. The zero-order chi connectivity index (χ0) is 14.0. The van der Waals surface area contributed by atoms with E-state index < -0.39 is 23.4 Å². The highest BCUT2D eigenvalue weighted by atomic mass is 19.4. The van der Waals surface area contributed by atoms with Gasteiger partial charge in [-0.25, -0.2) is 9.78 Å². The molecular weight excluding hydrogens is 259 g/mol. The van der Waals surface area contributed by atoms with Gasteiger partial charge in [0.05, 0.1) is 17.7 Å². The van der Waals surface area contributed by atoms with Crippen LogP contribution in [0, 0.1) is 0 Å². The van der Waals surface area contributed by atoms with Crippen LogP contribution in [0.4, 0.5) is 13.2 Å². The van der Waals surface area contributed by atoms with Gasteiger partial charge in [-0.2, -0.15) is 13.2 Å². The first-order valence-corrected chi connectivity index (χ1v) is 5.57. The highest BCUT2D eigenvalue weighted by Gasteiger charge is 2.38. The summed E-state index contributed by atoms with van der Waals surface area (Å²) in [6, 6.07) is 7.44. The summed E-state index contributed by atoms with van der Waals surface area (Å²) in [7, 11) is 0. The summed E-state index contributed by atoms with van der Waals surface area (Å²) in [5, 5.41) is 0.457. The predicted octanol–water partition coefficient (Wildman–Crippen LogP) is 3.43. The van der Waals surface area contributed by atoms with Crippen LogP contribution in [0.25, 0.3) is 10.9 Å². The molecule has 2 aromatic rings. The van der Waals surface area contributed by atoms with Crippen molar-refractivity contribution in [3.05, 3.63) is 41.6 Å². The second kappa shape index (κ2) is 4.87. The molecule has 100 valence electrons. The van der Waals surface area contributed by atoms with Crippen LogP contribution in [0.2, 0.25) is 0 Å². The Hall–Kier alpha value is -2.11. The fourth-order valence-corrected chi connectivity index (χ4v) is 1.70. The molecule has 6 heteroatoms. The molecule has 0 N–H and O–H groups in total. The number of pyridine rings is 1. The number of hydrogen-bond donors (Lipinski definition) is 0. The summed E-state index contributed by atoms with van der Waals surface area (Å²) in [5.74, 6) is -1.02. The average molecular weight is 269 g/mol. The lowest BCUT2D eigenvalue weighted by atomic mass is 10.1. The predicted molar refractivity (Wildman–Crippen MR) is 62.7 cm³/mol. The van der Waals surface area contributed by atoms with E-state index in [1.807, 2.05) is 0 Å². The molecule has 0 radical (unpaired) electrons. The van der Waals surface area contributed by atoms with E-state index in [-0.39, 0.29) is 12.1 Å². The van der Waals surface area contributed by atoms with E-state index in [0.29, 0.717) is 5.39 Å². The molecule has 0 bridgehead atoms. The zero-order valence-electron chi connectivity index (χ0n) is 9.99. The summed E-state index contributed by atoms with van der Waals surface area (Å²) in [4.78, 5) is 15.1. The van der Waals surface area contributed by atoms with Crippen molar-refractivity contribution in [3.63, 3.8) is 0 Å². The van der Waals surface area contributed by atoms with Crippen molar-refractivity contribution in [1.29, 1.82) is 0 Å². The number of aromatic nitrogens is 1. The number of alkyl halides is 3. The van der Waals surface area contributed by atoms with E-state index in [2.05, 4.69) is 9.72 Å². The number of halogens is 3. The Labute approximate surface area is 107 Å². The fourth-order valence-electron chi connectivity index (χ4n) is 1.70. The van der Waals surface area contributed by atoms with Gasteiger partial charge in [0.15, 0.2) is 5.69 Å². The molecule has 0 amide bonds. The lowest BCUT2D eigenvalue weighted by molar-refractivity contribution is -0.141. The summed E-state index contributed by atoms with van der Waals surface area (Å²) in [5.41, 5.74) is -1.60. The number of carbonyl (C=O) groups is 1. The van der Waals surface area contributed by atoms with E-state index in [9.17, 15) is 18.0 Å². The van der Waals surface area contributed by atoms with E-state index in [1.165, 1.54) is 13.0 Å². The van der Waals surface area contributed by atoms with Crippen molar-refractivity contribution in [2.24, 2.45) is 0 Å². The molecule has 0 aliphatic carbocycles. The zero-order valence-corrected chi connectivity index (χ0v) is 9.99. The number of carbonyl (C=O) groups excluding carboxylic acids is 1. The number of para-hydroxylation sites is 1. The van der Waals surface area contributed by atoms with Crippen molar-refractivity contribution in [3.8, 4) is 0 Å². The summed E-state index contributed by atoms with van der Waals surface area (Å²) >= 11 is 0. The quantitative estimate of drug-likeness (QED) is 0.784. The third-order valence-corrected chi connectivity index (χ3v) is 2.49. The van der Waals surface area contributed by atoms with Crippen molar-refractivity contribution >= 4 is 16.9 Å². The van der Waals surface area contributed by atoms with E-state index >= 15 is 0 Å². The van der Waals surface area contributed by atoms with Crippen LogP contribution < -0.4 is 0 Å². The van der Waals surface area contributed by atoms with E-state index in [4.69, 9.17) is 0 Å². The van der Waals surface area contributed by atoms with Crippen molar-refractivity contribution in [2.45, 2.75) is 13.1 Å². The second-order valence-electron chi connectivity index (χ2n) is 3.80. The Kier molecular flexibility index (Phi) is 3.42. The minimum Gasteiger partial charge on any atom is -0.462 e. The number of nitrogens with zero attached hydrogens (tertiary/aromatic N) is 1. The fraction of sp³-hybridized carbons (Fsp3) is 0.231.